The maximum Gasteiger partial charge on any atom is 0.305 e. The first-order chi connectivity index (χ1) is 13.1. The van der Waals surface area contributed by atoms with Crippen LogP contribution in [0.1, 0.15) is 17.0 Å². The number of hydrogen-bond acceptors (Lipinski definition) is 6. The summed E-state index contributed by atoms with van der Waals surface area (Å²) in [5.74, 6) is -0.483. The van der Waals surface area contributed by atoms with Crippen LogP contribution in [0.5, 0.6) is 11.5 Å². The van der Waals surface area contributed by atoms with Gasteiger partial charge in [-0.2, -0.15) is 0 Å². The van der Waals surface area contributed by atoms with Crippen LogP contribution >= 0.6 is 0 Å². The summed E-state index contributed by atoms with van der Waals surface area (Å²) in [5.41, 5.74) is 5.24. The molecule has 9 heteroatoms. The number of nitrogens with zero attached hydrogens (tertiary/aromatic N) is 1. The SMILES string of the molecule is O=C(NNC(=O)C1CC(=O)N(c2ccc3c(c2)OCCO3)C1)c1ccco1. The first kappa shape index (κ1) is 17.0. The van der Waals surface area contributed by atoms with E-state index in [1.165, 1.54) is 17.2 Å². The lowest BCUT2D eigenvalue weighted by Gasteiger charge is -2.22. The molecule has 1 atom stereocenters. The molecule has 0 aliphatic carbocycles. The maximum absolute atomic E-state index is 12.4. The minimum atomic E-state index is -0.581. The molecule has 0 radical (unpaired) electrons. The lowest BCUT2D eigenvalue weighted by atomic mass is 10.1. The fourth-order valence-corrected chi connectivity index (χ4v) is 3.02. The van der Waals surface area contributed by atoms with Gasteiger partial charge in [0, 0.05) is 24.7 Å². The van der Waals surface area contributed by atoms with Crippen LogP contribution in [-0.2, 0) is 9.59 Å². The number of anilines is 1. The minimum absolute atomic E-state index is 0.0525. The van der Waals surface area contributed by atoms with Crippen molar-refractivity contribution in [2.75, 3.05) is 24.7 Å². The Kier molecular flexibility index (Phi) is 4.41. The third-order valence-corrected chi connectivity index (χ3v) is 4.38. The molecule has 1 unspecified atom stereocenters. The summed E-state index contributed by atoms with van der Waals surface area (Å²) in [5, 5.41) is 0. The van der Waals surface area contributed by atoms with Gasteiger partial charge < -0.3 is 18.8 Å². The molecule has 1 aromatic carbocycles. The Bertz CT molecular complexity index is 879. The Morgan fingerprint density at radius 3 is 2.67 bits per heavy atom. The molecule has 2 aromatic rings. The number of carbonyl (C=O) groups excluding carboxylic acids is 3. The van der Waals surface area contributed by atoms with Gasteiger partial charge in [-0.1, -0.05) is 0 Å². The summed E-state index contributed by atoms with van der Waals surface area (Å²) in [6, 6.07) is 8.27. The van der Waals surface area contributed by atoms with Crippen molar-refractivity contribution < 1.29 is 28.3 Å². The number of amides is 3. The zero-order valence-electron chi connectivity index (χ0n) is 14.3. The highest BCUT2D eigenvalue weighted by atomic mass is 16.6. The average molecular weight is 371 g/mol. The Balaban J connectivity index is 1.38. The van der Waals surface area contributed by atoms with Crippen LogP contribution < -0.4 is 25.2 Å². The highest BCUT2D eigenvalue weighted by Crippen LogP contribution is 2.35. The predicted molar refractivity (Wildman–Crippen MR) is 92.2 cm³/mol. The van der Waals surface area contributed by atoms with Crippen LogP contribution in [0.3, 0.4) is 0 Å². The summed E-state index contributed by atoms with van der Waals surface area (Å²) in [4.78, 5) is 38.0. The molecule has 27 heavy (non-hydrogen) atoms. The molecule has 4 rings (SSSR count). The second kappa shape index (κ2) is 7.02. The summed E-state index contributed by atoms with van der Waals surface area (Å²) >= 11 is 0. The van der Waals surface area contributed by atoms with Crippen molar-refractivity contribution in [1.29, 1.82) is 0 Å². The number of ether oxygens (including phenoxy) is 2. The summed E-state index contributed by atoms with van der Waals surface area (Å²) in [6.07, 6.45) is 1.41. The van der Waals surface area contributed by atoms with Gasteiger partial charge in [0.1, 0.15) is 13.2 Å². The molecule has 0 saturated carbocycles. The van der Waals surface area contributed by atoms with Crippen molar-refractivity contribution in [1.82, 2.24) is 10.9 Å². The van der Waals surface area contributed by atoms with E-state index in [4.69, 9.17) is 13.9 Å². The fourth-order valence-electron chi connectivity index (χ4n) is 3.02. The van der Waals surface area contributed by atoms with E-state index in [2.05, 4.69) is 10.9 Å². The van der Waals surface area contributed by atoms with E-state index in [0.29, 0.717) is 30.4 Å². The Morgan fingerprint density at radius 2 is 1.89 bits per heavy atom. The van der Waals surface area contributed by atoms with Crippen LogP contribution in [0.15, 0.2) is 41.0 Å². The number of carbonyl (C=O) groups is 3. The van der Waals surface area contributed by atoms with Gasteiger partial charge in [0.2, 0.25) is 11.8 Å². The number of furan rings is 1. The van der Waals surface area contributed by atoms with Gasteiger partial charge in [0.25, 0.3) is 0 Å². The molecule has 140 valence electrons. The topological polar surface area (TPSA) is 110 Å². The Labute approximate surface area is 154 Å². The Hall–Kier alpha value is -3.49. The van der Waals surface area contributed by atoms with Crippen LogP contribution in [-0.4, -0.2) is 37.5 Å². The average Bonchev–Trinajstić information content (AvgIpc) is 3.35. The molecule has 0 bridgehead atoms. The van der Waals surface area contributed by atoms with Crippen LogP contribution in [0.4, 0.5) is 5.69 Å². The normalized spacial score (nSPS) is 18.3. The van der Waals surface area contributed by atoms with Crippen molar-refractivity contribution in [3.63, 3.8) is 0 Å². The number of rotatable bonds is 3. The maximum atomic E-state index is 12.4. The smallest absolute Gasteiger partial charge is 0.305 e. The van der Waals surface area contributed by atoms with E-state index < -0.39 is 17.7 Å². The number of benzene rings is 1. The zero-order chi connectivity index (χ0) is 18.8. The van der Waals surface area contributed by atoms with Gasteiger partial charge in [-0.3, -0.25) is 25.2 Å². The van der Waals surface area contributed by atoms with Gasteiger partial charge in [0.15, 0.2) is 17.3 Å². The molecular formula is C18H17N3O6. The van der Waals surface area contributed by atoms with Gasteiger partial charge in [-0.25, -0.2) is 0 Å². The molecule has 2 N–H and O–H groups in total. The molecule has 1 saturated heterocycles. The molecule has 9 nitrogen and oxygen atoms in total. The van der Waals surface area contributed by atoms with E-state index in [1.54, 1.807) is 24.3 Å². The molecule has 1 aromatic heterocycles. The fraction of sp³-hybridized carbons (Fsp3) is 0.278. The van der Waals surface area contributed by atoms with E-state index >= 15 is 0 Å². The van der Waals surface area contributed by atoms with Gasteiger partial charge in [-0.15, -0.1) is 0 Å². The lowest BCUT2D eigenvalue weighted by molar-refractivity contribution is -0.126. The van der Waals surface area contributed by atoms with Crippen LogP contribution in [0.2, 0.25) is 0 Å². The van der Waals surface area contributed by atoms with E-state index in [-0.39, 0.29) is 24.6 Å². The predicted octanol–water partition coefficient (Wildman–Crippen LogP) is 0.865. The monoisotopic (exact) mass is 371 g/mol. The molecule has 1 fully saturated rings. The molecule has 3 heterocycles. The third kappa shape index (κ3) is 3.43. The van der Waals surface area contributed by atoms with Crippen LogP contribution in [0.25, 0.3) is 0 Å². The van der Waals surface area contributed by atoms with Crippen molar-refractivity contribution in [3.05, 3.63) is 42.4 Å². The quantitative estimate of drug-likeness (QED) is 0.775. The van der Waals surface area contributed by atoms with Gasteiger partial charge in [-0.05, 0) is 24.3 Å². The standard InChI is InChI=1S/C18H17N3O6/c22-16-8-11(17(23)19-20-18(24)14-2-1-5-25-14)10-21(16)12-3-4-13-15(9-12)27-7-6-26-13/h1-5,9,11H,6-8,10H2,(H,19,23)(H,20,24). The number of nitrogens with one attached hydrogen (secondary N) is 2. The first-order valence-electron chi connectivity index (χ1n) is 8.45. The number of hydrazine groups is 1. The molecule has 2 aliphatic heterocycles. The second-order valence-electron chi connectivity index (χ2n) is 6.15. The third-order valence-electron chi connectivity index (χ3n) is 4.38. The van der Waals surface area contributed by atoms with E-state index in [0.717, 1.165) is 0 Å². The number of hydrogen-bond donors (Lipinski definition) is 2. The molecule has 0 spiro atoms. The molecular weight excluding hydrogens is 354 g/mol. The Morgan fingerprint density at radius 1 is 1.07 bits per heavy atom. The van der Waals surface area contributed by atoms with Crippen molar-refractivity contribution in [2.45, 2.75) is 6.42 Å². The highest BCUT2D eigenvalue weighted by Gasteiger charge is 2.35. The highest BCUT2D eigenvalue weighted by molar-refractivity contribution is 6.01. The van der Waals surface area contributed by atoms with Crippen molar-refractivity contribution >= 4 is 23.4 Å². The van der Waals surface area contributed by atoms with E-state index in [9.17, 15) is 14.4 Å². The summed E-state index contributed by atoms with van der Waals surface area (Å²) in [7, 11) is 0. The summed E-state index contributed by atoms with van der Waals surface area (Å²) < 4.78 is 15.9. The van der Waals surface area contributed by atoms with Gasteiger partial charge >= 0.3 is 5.91 Å². The molecule has 2 aliphatic rings. The molecule has 3 amide bonds. The lowest BCUT2D eigenvalue weighted by Crippen LogP contribution is -2.45. The van der Waals surface area contributed by atoms with E-state index in [1.807, 2.05) is 0 Å². The first-order valence-corrected chi connectivity index (χ1v) is 8.45. The zero-order valence-corrected chi connectivity index (χ0v) is 14.3. The van der Waals surface area contributed by atoms with Gasteiger partial charge in [0.05, 0.1) is 12.2 Å². The number of fused-ring (bicyclic) bond motifs is 1. The second-order valence-corrected chi connectivity index (χ2v) is 6.15. The van der Waals surface area contributed by atoms with Crippen LogP contribution in [0, 0.1) is 5.92 Å². The van der Waals surface area contributed by atoms with Crippen molar-refractivity contribution in [3.8, 4) is 11.5 Å². The summed E-state index contributed by atoms with van der Waals surface area (Å²) in [6.45, 7) is 1.15. The largest absolute Gasteiger partial charge is 0.486 e. The minimum Gasteiger partial charge on any atom is -0.486 e. The van der Waals surface area contributed by atoms with Crippen molar-refractivity contribution in [2.24, 2.45) is 5.92 Å².